The van der Waals surface area contributed by atoms with Crippen molar-refractivity contribution in [2.45, 2.75) is 20.0 Å². The number of guanidine groups is 1. The largest absolute Gasteiger partial charge is 0.444 e. The van der Waals surface area contributed by atoms with Crippen LogP contribution in [0.25, 0.3) is 11.5 Å². The number of hydrogen-bond acceptors (Lipinski definition) is 5. The molecule has 8 heteroatoms. The van der Waals surface area contributed by atoms with Crippen molar-refractivity contribution in [2.24, 2.45) is 4.99 Å². The van der Waals surface area contributed by atoms with Gasteiger partial charge in [0.05, 0.1) is 12.2 Å². The predicted octanol–water partition coefficient (Wildman–Crippen LogP) is 4.84. The summed E-state index contributed by atoms with van der Waals surface area (Å²) in [5.41, 5.74) is 3.84. The van der Waals surface area contributed by atoms with Crippen LogP contribution in [-0.4, -0.2) is 23.0 Å². The van der Waals surface area contributed by atoms with Crippen LogP contribution in [0.2, 0.25) is 0 Å². The molecule has 2 aromatic carbocycles. The molecule has 33 heavy (non-hydrogen) atoms. The van der Waals surface area contributed by atoms with Gasteiger partial charge in [-0.25, -0.2) is 14.4 Å². The van der Waals surface area contributed by atoms with Crippen LogP contribution in [0.1, 0.15) is 16.8 Å². The predicted molar refractivity (Wildman–Crippen MR) is 124 cm³/mol. The van der Waals surface area contributed by atoms with Crippen molar-refractivity contribution < 1.29 is 13.5 Å². The van der Waals surface area contributed by atoms with Crippen molar-refractivity contribution in [1.82, 2.24) is 20.6 Å². The Labute approximate surface area is 191 Å². The van der Waals surface area contributed by atoms with Crippen molar-refractivity contribution in [1.29, 1.82) is 0 Å². The number of aryl methyl sites for hydroxylation is 1. The number of ether oxygens (including phenoxy) is 1. The molecule has 0 amide bonds. The molecule has 7 nitrogen and oxygen atoms in total. The van der Waals surface area contributed by atoms with Gasteiger partial charge in [0.1, 0.15) is 17.8 Å². The average Bonchev–Trinajstić information content (AvgIpc) is 3.30. The Morgan fingerprint density at radius 2 is 1.79 bits per heavy atom. The van der Waals surface area contributed by atoms with Gasteiger partial charge in [-0.05, 0) is 55.0 Å². The summed E-state index contributed by atoms with van der Waals surface area (Å²) in [4.78, 5) is 13.0. The van der Waals surface area contributed by atoms with Crippen molar-refractivity contribution in [3.05, 3.63) is 95.8 Å². The number of hydrogen-bond donors (Lipinski definition) is 2. The summed E-state index contributed by atoms with van der Waals surface area (Å²) in [6, 6.07) is 17.5. The SMILES string of the molecule is CN=C(NCc1ccnc(Oc2ccc(F)cc2)c1)NCc1coc(-c2ccc(C)cc2)n1. The van der Waals surface area contributed by atoms with E-state index < -0.39 is 0 Å². The number of pyridine rings is 1. The fourth-order valence-corrected chi connectivity index (χ4v) is 3.04. The van der Waals surface area contributed by atoms with Gasteiger partial charge in [-0.2, -0.15) is 0 Å². The molecule has 0 aliphatic carbocycles. The van der Waals surface area contributed by atoms with E-state index in [-0.39, 0.29) is 5.82 Å². The molecule has 0 aliphatic rings. The maximum Gasteiger partial charge on any atom is 0.226 e. The molecule has 0 saturated heterocycles. The first-order valence-electron chi connectivity index (χ1n) is 10.4. The summed E-state index contributed by atoms with van der Waals surface area (Å²) in [7, 11) is 1.70. The second-order valence-electron chi connectivity index (χ2n) is 7.35. The summed E-state index contributed by atoms with van der Waals surface area (Å²) < 4.78 is 24.3. The maximum absolute atomic E-state index is 13.1. The number of rotatable bonds is 7. The zero-order chi connectivity index (χ0) is 23.0. The summed E-state index contributed by atoms with van der Waals surface area (Å²) in [5.74, 6) is 1.83. The minimum atomic E-state index is -0.316. The average molecular weight is 445 g/mol. The smallest absolute Gasteiger partial charge is 0.226 e. The zero-order valence-electron chi connectivity index (χ0n) is 18.4. The van der Waals surface area contributed by atoms with Gasteiger partial charge >= 0.3 is 0 Å². The van der Waals surface area contributed by atoms with Gasteiger partial charge in [0.15, 0.2) is 5.96 Å². The van der Waals surface area contributed by atoms with E-state index in [1.165, 1.54) is 17.7 Å². The molecule has 2 aromatic heterocycles. The monoisotopic (exact) mass is 445 g/mol. The Morgan fingerprint density at radius 1 is 1.03 bits per heavy atom. The van der Waals surface area contributed by atoms with Gasteiger partial charge < -0.3 is 19.8 Å². The second-order valence-corrected chi connectivity index (χ2v) is 7.35. The highest BCUT2D eigenvalue weighted by Crippen LogP contribution is 2.21. The molecule has 0 saturated carbocycles. The van der Waals surface area contributed by atoms with Crippen LogP contribution in [-0.2, 0) is 13.1 Å². The number of nitrogens with one attached hydrogen (secondary N) is 2. The molecular formula is C25H24FN5O2. The zero-order valence-corrected chi connectivity index (χ0v) is 18.4. The Kier molecular flexibility index (Phi) is 6.94. The first-order valence-corrected chi connectivity index (χ1v) is 10.4. The van der Waals surface area contributed by atoms with E-state index >= 15 is 0 Å². The Morgan fingerprint density at radius 3 is 2.55 bits per heavy atom. The standard InChI is InChI=1S/C25H24FN5O2/c1-17-3-5-19(6-4-17)24-31-21(16-32-24)15-30-25(27-2)29-14-18-11-12-28-23(13-18)33-22-9-7-20(26)8-10-22/h3-13,16H,14-15H2,1-2H3,(H2,27,29,30). The van der Waals surface area contributed by atoms with Crippen LogP contribution < -0.4 is 15.4 Å². The molecule has 0 atom stereocenters. The van der Waals surface area contributed by atoms with E-state index in [1.54, 1.807) is 31.6 Å². The highest BCUT2D eigenvalue weighted by atomic mass is 19.1. The highest BCUT2D eigenvalue weighted by Gasteiger charge is 2.08. The highest BCUT2D eigenvalue weighted by molar-refractivity contribution is 5.79. The van der Waals surface area contributed by atoms with Crippen LogP contribution in [0.15, 0.2) is 82.5 Å². The van der Waals surface area contributed by atoms with Gasteiger partial charge in [0.2, 0.25) is 11.8 Å². The Bertz CT molecular complexity index is 1220. The van der Waals surface area contributed by atoms with E-state index in [1.807, 2.05) is 43.3 Å². The minimum absolute atomic E-state index is 0.316. The molecule has 2 N–H and O–H groups in total. The lowest BCUT2D eigenvalue weighted by Crippen LogP contribution is -2.36. The van der Waals surface area contributed by atoms with Crippen molar-refractivity contribution in [2.75, 3.05) is 7.05 Å². The fraction of sp³-hybridized carbons (Fsp3) is 0.160. The lowest BCUT2D eigenvalue weighted by atomic mass is 10.1. The molecule has 168 valence electrons. The lowest BCUT2D eigenvalue weighted by molar-refractivity contribution is 0.460. The number of aliphatic imine (C=N–C) groups is 1. The number of benzene rings is 2. The molecule has 0 bridgehead atoms. The third-order valence-electron chi connectivity index (χ3n) is 4.81. The summed E-state index contributed by atoms with van der Waals surface area (Å²) >= 11 is 0. The molecule has 0 spiro atoms. The minimum Gasteiger partial charge on any atom is -0.444 e. The van der Waals surface area contributed by atoms with Gasteiger partial charge in [-0.3, -0.25) is 4.99 Å². The van der Waals surface area contributed by atoms with Crippen LogP contribution in [0.5, 0.6) is 11.6 Å². The van der Waals surface area contributed by atoms with Gasteiger partial charge in [-0.1, -0.05) is 17.7 Å². The van der Waals surface area contributed by atoms with Crippen LogP contribution in [0.3, 0.4) is 0 Å². The second kappa shape index (κ2) is 10.4. The van der Waals surface area contributed by atoms with Gasteiger partial charge in [-0.15, -0.1) is 0 Å². The summed E-state index contributed by atoms with van der Waals surface area (Å²) in [6.45, 7) is 3.01. The van der Waals surface area contributed by atoms with Crippen LogP contribution in [0.4, 0.5) is 4.39 Å². The van der Waals surface area contributed by atoms with Gasteiger partial charge in [0, 0.05) is 31.4 Å². The number of halogens is 1. The maximum atomic E-state index is 13.1. The third-order valence-corrected chi connectivity index (χ3v) is 4.81. The van der Waals surface area contributed by atoms with E-state index in [2.05, 4.69) is 25.6 Å². The van der Waals surface area contributed by atoms with Crippen LogP contribution in [0, 0.1) is 12.7 Å². The fourth-order valence-electron chi connectivity index (χ4n) is 3.04. The molecule has 2 heterocycles. The third kappa shape index (κ3) is 6.16. The van der Waals surface area contributed by atoms with Crippen molar-refractivity contribution >= 4 is 5.96 Å². The molecular weight excluding hydrogens is 421 g/mol. The number of oxazole rings is 1. The molecule has 0 unspecified atom stereocenters. The van der Waals surface area contributed by atoms with E-state index in [0.717, 1.165) is 16.8 Å². The summed E-state index contributed by atoms with van der Waals surface area (Å²) in [6.07, 6.45) is 3.30. The van der Waals surface area contributed by atoms with E-state index in [9.17, 15) is 4.39 Å². The number of nitrogens with zero attached hydrogens (tertiary/aromatic N) is 3. The van der Waals surface area contributed by atoms with Crippen molar-refractivity contribution in [3.63, 3.8) is 0 Å². The normalized spacial score (nSPS) is 11.3. The Hall–Kier alpha value is -4.20. The molecule has 4 rings (SSSR count). The topological polar surface area (TPSA) is 84.6 Å². The number of aromatic nitrogens is 2. The first-order chi connectivity index (χ1) is 16.1. The first kappa shape index (κ1) is 22.0. The molecule has 0 fully saturated rings. The molecule has 0 radical (unpaired) electrons. The molecule has 4 aromatic rings. The molecule has 0 aliphatic heterocycles. The van der Waals surface area contributed by atoms with Crippen molar-refractivity contribution in [3.8, 4) is 23.1 Å². The quantitative estimate of drug-likeness (QED) is 0.313. The van der Waals surface area contributed by atoms with Crippen LogP contribution >= 0.6 is 0 Å². The Balaban J connectivity index is 1.30. The van der Waals surface area contributed by atoms with E-state index in [4.69, 9.17) is 9.15 Å². The summed E-state index contributed by atoms with van der Waals surface area (Å²) in [5, 5.41) is 6.47. The lowest BCUT2D eigenvalue weighted by Gasteiger charge is -2.11. The van der Waals surface area contributed by atoms with Gasteiger partial charge in [0.25, 0.3) is 0 Å². The van der Waals surface area contributed by atoms with E-state index in [0.29, 0.717) is 36.6 Å².